The fourth-order valence-electron chi connectivity index (χ4n) is 2.16. The third-order valence-electron chi connectivity index (χ3n) is 3.15. The van der Waals surface area contributed by atoms with E-state index < -0.39 is 10.2 Å². The lowest BCUT2D eigenvalue weighted by Gasteiger charge is -2.32. The summed E-state index contributed by atoms with van der Waals surface area (Å²) in [5, 5.41) is 0.954. The first-order chi connectivity index (χ1) is 8.49. The summed E-state index contributed by atoms with van der Waals surface area (Å²) in [7, 11) is -3.36. The van der Waals surface area contributed by atoms with Crippen molar-refractivity contribution in [2.75, 3.05) is 6.54 Å². The van der Waals surface area contributed by atoms with E-state index in [1.807, 2.05) is 13.8 Å². The van der Waals surface area contributed by atoms with Crippen LogP contribution in [0.25, 0.3) is 0 Å². The van der Waals surface area contributed by atoms with Crippen LogP contribution < -0.4 is 4.72 Å². The minimum absolute atomic E-state index is 0.0967. The lowest BCUT2D eigenvalue weighted by atomic mass is 10.1. The van der Waals surface area contributed by atoms with Crippen LogP contribution in [-0.4, -0.2) is 30.3 Å². The molecule has 102 valence electrons. The molecule has 1 saturated heterocycles. The molecule has 0 amide bonds. The summed E-state index contributed by atoms with van der Waals surface area (Å²) in [4.78, 5) is 5.06. The summed E-state index contributed by atoms with van der Waals surface area (Å²) < 4.78 is 28.6. The molecule has 18 heavy (non-hydrogen) atoms. The second kappa shape index (κ2) is 5.64. The average molecular weight is 289 g/mol. The molecule has 0 radical (unpaired) electrons. The number of piperidine rings is 1. The van der Waals surface area contributed by atoms with Crippen LogP contribution in [0.2, 0.25) is 0 Å². The number of nitrogens with zero attached hydrogens (tertiary/aromatic N) is 2. The minimum atomic E-state index is -3.36. The van der Waals surface area contributed by atoms with Crippen LogP contribution in [0.15, 0.2) is 6.20 Å². The highest BCUT2D eigenvalue weighted by Crippen LogP contribution is 2.19. The molecule has 1 aromatic heterocycles. The van der Waals surface area contributed by atoms with Gasteiger partial charge in [0.25, 0.3) is 10.2 Å². The van der Waals surface area contributed by atoms with Crippen molar-refractivity contribution >= 4 is 21.5 Å². The molecule has 2 heterocycles. The lowest BCUT2D eigenvalue weighted by molar-refractivity contribution is 0.265. The van der Waals surface area contributed by atoms with Crippen LogP contribution in [0, 0.1) is 6.92 Å². The summed E-state index contributed by atoms with van der Waals surface area (Å²) >= 11 is 1.52. The predicted molar refractivity (Wildman–Crippen MR) is 72.6 cm³/mol. The SMILES string of the molecule is Cc1ncc(CNS(=O)(=O)N2CCCCC2C)s1. The van der Waals surface area contributed by atoms with Crippen molar-refractivity contribution in [1.29, 1.82) is 0 Å². The molecule has 1 atom stereocenters. The smallest absolute Gasteiger partial charge is 0.250 e. The summed E-state index contributed by atoms with van der Waals surface area (Å²) in [6.45, 7) is 4.83. The molecule has 0 spiro atoms. The number of aryl methyl sites for hydroxylation is 1. The van der Waals surface area contributed by atoms with E-state index in [0.29, 0.717) is 13.1 Å². The molecule has 2 rings (SSSR count). The Kier molecular flexibility index (Phi) is 4.37. The number of hydrogen-bond acceptors (Lipinski definition) is 4. The zero-order valence-electron chi connectivity index (χ0n) is 10.7. The molecule has 1 unspecified atom stereocenters. The highest BCUT2D eigenvalue weighted by molar-refractivity contribution is 7.87. The molecule has 7 heteroatoms. The van der Waals surface area contributed by atoms with Crippen molar-refractivity contribution < 1.29 is 8.42 Å². The van der Waals surface area contributed by atoms with Gasteiger partial charge in [-0.1, -0.05) is 6.42 Å². The summed E-state index contributed by atoms with van der Waals surface area (Å²) in [5.74, 6) is 0. The van der Waals surface area contributed by atoms with E-state index in [1.165, 1.54) is 11.3 Å². The zero-order chi connectivity index (χ0) is 13.2. The molecule has 1 fully saturated rings. The summed E-state index contributed by atoms with van der Waals surface area (Å²) in [5.41, 5.74) is 0. The number of nitrogens with one attached hydrogen (secondary N) is 1. The Morgan fingerprint density at radius 2 is 2.33 bits per heavy atom. The van der Waals surface area contributed by atoms with Gasteiger partial charge in [0, 0.05) is 30.2 Å². The van der Waals surface area contributed by atoms with E-state index >= 15 is 0 Å². The molecule has 1 aliphatic rings. The van der Waals surface area contributed by atoms with E-state index in [2.05, 4.69) is 9.71 Å². The fraction of sp³-hybridized carbons (Fsp3) is 0.727. The summed E-state index contributed by atoms with van der Waals surface area (Å²) in [6.07, 6.45) is 4.73. The largest absolute Gasteiger partial charge is 0.280 e. The zero-order valence-corrected chi connectivity index (χ0v) is 12.4. The number of thiazole rings is 1. The maximum Gasteiger partial charge on any atom is 0.280 e. The minimum Gasteiger partial charge on any atom is -0.250 e. The Balaban J connectivity index is 1.98. The van der Waals surface area contributed by atoms with E-state index in [-0.39, 0.29) is 6.04 Å². The van der Waals surface area contributed by atoms with Crippen molar-refractivity contribution in [3.8, 4) is 0 Å². The standard InChI is InChI=1S/C11H19N3O2S2/c1-9-5-3-4-6-14(9)18(15,16)13-8-11-7-12-10(2)17-11/h7,9,13H,3-6,8H2,1-2H3. The second-order valence-electron chi connectivity index (χ2n) is 4.63. The number of hydrogen-bond donors (Lipinski definition) is 1. The van der Waals surface area contributed by atoms with Crippen LogP contribution >= 0.6 is 11.3 Å². The third kappa shape index (κ3) is 3.28. The number of aromatic nitrogens is 1. The van der Waals surface area contributed by atoms with Gasteiger partial charge in [0.2, 0.25) is 0 Å². The maximum atomic E-state index is 12.2. The van der Waals surface area contributed by atoms with Gasteiger partial charge in [-0.15, -0.1) is 11.3 Å². The van der Waals surface area contributed by atoms with Gasteiger partial charge in [-0.3, -0.25) is 0 Å². The molecular weight excluding hydrogens is 270 g/mol. The van der Waals surface area contributed by atoms with Gasteiger partial charge < -0.3 is 0 Å². The molecule has 1 N–H and O–H groups in total. The molecule has 0 saturated carbocycles. The first-order valence-electron chi connectivity index (χ1n) is 6.17. The topological polar surface area (TPSA) is 62.3 Å². The van der Waals surface area contributed by atoms with Crippen LogP contribution in [0.1, 0.15) is 36.1 Å². The highest BCUT2D eigenvalue weighted by Gasteiger charge is 2.29. The van der Waals surface area contributed by atoms with Crippen molar-refractivity contribution in [1.82, 2.24) is 14.0 Å². The van der Waals surface area contributed by atoms with Crippen molar-refractivity contribution in [3.63, 3.8) is 0 Å². The molecule has 5 nitrogen and oxygen atoms in total. The van der Waals surface area contributed by atoms with E-state index in [9.17, 15) is 8.42 Å². The van der Waals surface area contributed by atoms with Crippen LogP contribution in [0.4, 0.5) is 0 Å². The Bertz CT molecular complexity index is 498. The van der Waals surface area contributed by atoms with Crippen LogP contribution in [0.3, 0.4) is 0 Å². The Morgan fingerprint density at radius 3 is 2.94 bits per heavy atom. The lowest BCUT2D eigenvalue weighted by Crippen LogP contribution is -2.47. The first kappa shape index (κ1) is 13.9. The molecule has 1 aromatic rings. The Hall–Kier alpha value is -0.500. The quantitative estimate of drug-likeness (QED) is 0.917. The fourth-order valence-corrected chi connectivity index (χ4v) is 4.44. The van der Waals surface area contributed by atoms with Crippen molar-refractivity contribution in [2.24, 2.45) is 0 Å². The van der Waals surface area contributed by atoms with Crippen molar-refractivity contribution in [3.05, 3.63) is 16.1 Å². The molecule has 0 aliphatic carbocycles. The monoisotopic (exact) mass is 289 g/mol. The van der Waals surface area contributed by atoms with Gasteiger partial charge in [0.05, 0.1) is 5.01 Å². The maximum absolute atomic E-state index is 12.2. The average Bonchev–Trinajstić information content (AvgIpc) is 2.73. The third-order valence-corrected chi connectivity index (χ3v) is 5.73. The Morgan fingerprint density at radius 1 is 1.56 bits per heavy atom. The van der Waals surface area contributed by atoms with Gasteiger partial charge in [-0.2, -0.15) is 17.4 Å². The van der Waals surface area contributed by atoms with Crippen LogP contribution in [0.5, 0.6) is 0 Å². The predicted octanol–water partition coefficient (Wildman–Crippen LogP) is 1.66. The second-order valence-corrected chi connectivity index (χ2v) is 7.65. The molecular formula is C11H19N3O2S2. The van der Waals surface area contributed by atoms with E-state index in [4.69, 9.17) is 0 Å². The Labute approximate surface area is 112 Å². The van der Waals surface area contributed by atoms with Crippen molar-refractivity contribution in [2.45, 2.75) is 45.7 Å². The normalized spacial score (nSPS) is 22.2. The van der Waals surface area contributed by atoms with E-state index in [0.717, 1.165) is 29.1 Å². The van der Waals surface area contributed by atoms with E-state index in [1.54, 1.807) is 10.5 Å². The molecule has 0 bridgehead atoms. The molecule has 0 aromatic carbocycles. The van der Waals surface area contributed by atoms with Gasteiger partial charge in [0.1, 0.15) is 0 Å². The number of rotatable bonds is 4. The van der Waals surface area contributed by atoms with Gasteiger partial charge in [-0.05, 0) is 26.7 Å². The first-order valence-corrected chi connectivity index (χ1v) is 8.42. The van der Waals surface area contributed by atoms with Gasteiger partial charge >= 0.3 is 0 Å². The highest BCUT2D eigenvalue weighted by atomic mass is 32.2. The van der Waals surface area contributed by atoms with Crippen LogP contribution in [-0.2, 0) is 16.8 Å². The molecule has 1 aliphatic heterocycles. The van der Waals surface area contributed by atoms with Gasteiger partial charge in [0.15, 0.2) is 0 Å². The van der Waals surface area contributed by atoms with Gasteiger partial charge in [-0.25, -0.2) is 4.98 Å². The summed E-state index contributed by atoms with van der Waals surface area (Å²) in [6, 6.07) is 0.0967.